The summed E-state index contributed by atoms with van der Waals surface area (Å²) in [7, 11) is 1.59. The third-order valence-electron chi connectivity index (χ3n) is 17.7. The second-order valence-electron chi connectivity index (χ2n) is 27.7. The molecule has 9 heteroatoms. The van der Waals surface area contributed by atoms with Crippen LogP contribution in [0.25, 0.3) is 0 Å². The van der Waals surface area contributed by atoms with Crippen LogP contribution in [-0.2, 0) is 18.4 Å². The summed E-state index contributed by atoms with van der Waals surface area (Å²) in [6.45, 7) is 4.76. The Bertz CT molecular complexity index is 1680. The molecule has 0 aromatic carbocycles. The fraction of sp³-hybridized carbons (Fsp3) is 0.838. The Morgan fingerprint density at radius 2 is 0.674 bits per heavy atom. The van der Waals surface area contributed by atoms with E-state index in [1.807, 2.05) is 27.2 Å². The first-order chi connectivity index (χ1) is 43.5. The molecule has 0 spiro atoms. The number of nitrogens with one attached hydrogen (secondary N) is 1. The van der Waals surface area contributed by atoms with Crippen LogP contribution >= 0.6 is 7.82 Å². The van der Waals surface area contributed by atoms with E-state index in [4.69, 9.17) is 9.05 Å². The summed E-state index contributed by atoms with van der Waals surface area (Å²) in [6.07, 6.45) is 99.4. The zero-order valence-electron chi connectivity index (χ0n) is 59.9. The van der Waals surface area contributed by atoms with Gasteiger partial charge < -0.3 is 19.8 Å². The van der Waals surface area contributed by atoms with Gasteiger partial charge in [0, 0.05) is 6.42 Å². The zero-order valence-corrected chi connectivity index (χ0v) is 60.8. The van der Waals surface area contributed by atoms with Crippen LogP contribution in [0.2, 0.25) is 0 Å². The van der Waals surface area contributed by atoms with Gasteiger partial charge in [0.25, 0.3) is 0 Å². The first kappa shape index (κ1) is 86.9. The minimum Gasteiger partial charge on any atom is -0.387 e. The number of carbonyl (C=O) groups is 1. The number of allylic oxidation sites excluding steroid dienone is 11. The molecule has 0 aliphatic rings. The van der Waals surface area contributed by atoms with Crippen LogP contribution in [0.1, 0.15) is 380 Å². The number of phosphoric acid groups is 1. The van der Waals surface area contributed by atoms with Gasteiger partial charge in [-0.3, -0.25) is 13.8 Å². The second kappa shape index (κ2) is 70.3. The molecule has 3 N–H and O–H groups in total. The summed E-state index contributed by atoms with van der Waals surface area (Å²) in [5.41, 5.74) is 0. The highest BCUT2D eigenvalue weighted by Gasteiger charge is 2.28. The number of rotatable bonds is 72. The van der Waals surface area contributed by atoms with Gasteiger partial charge in [-0.05, 0) is 64.2 Å². The molecule has 3 unspecified atom stereocenters. The van der Waals surface area contributed by atoms with E-state index in [1.165, 1.54) is 289 Å². The maximum absolute atomic E-state index is 13.1. The Balaban J connectivity index is 3.98. The summed E-state index contributed by atoms with van der Waals surface area (Å²) in [6, 6.07) is -0.849. The van der Waals surface area contributed by atoms with Gasteiger partial charge in [0.1, 0.15) is 13.2 Å². The fourth-order valence-corrected chi connectivity index (χ4v) is 12.5. The van der Waals surface area contributed by atoms with Crippen LogP contribution in [0.15, 0.2) is 72.9 Å². The van der Waals surface area contributed by atoms with E-state index in [1.54, 1.807) is 6.08 Å². The highest BCUT2D eigenvalue weighted by atomic mass is 31.2. The van der Waals surface area contributed by atoms with Gasteiger partial charge in [-0.2, -0.15) is 0 Å². The van der Waals surface area contributed by atoms with E-state index in [2.05, 4.69) is 79.9 Å². The van der Waals surface area contributed by atoms with Crippen molar-refractivity contribution in [3.8, 4) is 0 Å². The van der Waals surface area contributed by atoms with E-state index >= 15 is 0 Å². The lowest BCUT2D eigenvalue weighted by Crippen LogP contribution is -2.45. The summed E-state index contributed by atoms with van der Waals surface area (Å²) in [4.78, 5) is 23.5. The molecule has 0 aromatic heterocycles. The van der Waals surface area contributed by atoms with Crippen LogP contribution in [0.4, 0.5) is 0 Å². The van der Waals surface area contributed by atoms with E-state index < -0.39 is 20.0 Å². The van der Waals surface area contributed by atoms with Crippen molar-refractivity contribution in [2.24, 2.45) is 0 Å². The number of likely N-dealkylation sites (N-methyl/N-ethyl adjacent to an activating group) is 1. The SMILES string of the molecule is CC/C=C\C/C=C\C/C=C\C/C=C\C/C=C\CCCCCCCCCCCCCCCCCCCCCCCC(=O)NC(COP(=O)(O)OCC[N+](C)(C)C)C(O)/C=C/CCCCCCCCCCCCCCCCCCCCCCCCCCCCCC. The normalized spacial score (nSPS) is 13.9. The standard InChI is InChI=1S/C80H151N2O6P/c1-6-8-10-12-14-16-18-20-22-24-26-28-30-32-34-36-38-39-40-41-42-43-44-46-48-50-52-54-56-58-60-62-64-66-68-70-72-74-80(84)81-78(77-88-89(85,86)87-76-75-82(3,4)5)79(83)73-71-69-67-65-63-61-59-57-55-53-51-49-47-45-37-35-33-31-29-27-25-23-21-19-17-15-13-11-9-7-2/h8,10,14,16,20,22,26,28,32,34,71,73,78-79,83H,6-7,9,11-13,15,17-19,21,23-25,27,29-31,33,35-70,72,74-77H2,1-5H3,(H-,81,84,85,86)/p+1/b10-8-,16-14-,22-20-,28-26-,34-32-,73-71+. The van der Waals surface area contributed by atoms with Gasteiger partial charge in [0.05, 0.1) is 39.9 Å². The molecule has 0 saturated heterocycles. The maximum atomic E-state index is 13.1. The monoisotopic (exact) mass is 1270 g/mol. The zero-order chi connectivity index (χ0) is 64.8. The molecule has 0 aliphatic carbocycles. The van der Waals surface area contributed by atoms with E-state index in [0.29, 0.717) is 17.4 Å². The highest BCUT2D eigenvalue weighted by molar-refractivity contribution is 7.47. The first-order valence-corrected chi connectivity index (χ1v) is 40.3. The minimum absolute atomic E-state index is 0.0622. The van der Waals surface area contributed by atoms with Crippen molar-refractivity contribution >= 4 is 13.7 Å². The van der Waals surface area contributed by atoms with Gasteiger partial charge in [-0.15, -0.1) is 0 Å². The van der Waals surface area contributed by atoms with Crippen LogP contribution in [0.5, 0.6) is 0 Å². The molecule has 0 aliphatic heterocycles. The molecule has 0 aromatic rings. The van der Waals surface area contributed by atoms with Crippen molar-refractivity contribution in [1.29, 1.82) is 0 Å². The van der Waals surface area contributed by atoms with Crippen molar-refractivity contribution in [2.45, 2.75) is 392 Å². The molecule has 3 atom stereocenters. The third kappa shape index (κ3) is 73.2. The Morgan fingerprint density at radius 1 is 0.393 bits per heavy atom. The Labute approximate surface area is 554 Å². The molecular formula is C80H152N2O6P+. The minimum atomic E-state index is -4.36. The molecule has 0 radical (unpaired) electrons. The fourth-order valence-electron chi connectivity index (χ4n) is 11.7. The lowest BCUT2D eigenvalue weighted by atomic mass is 10.0. The van der Waals surface area contributed by atoms with Gasteiger partial charge in [-0.25, -0.2) is 4.57 Å². The van der Waals surface area contributed by atoms with Crippen LogP contribution in [0, 0.1) is 0 Å². The first-order valence-electron chi connectivity index (χ1n) is 38.8. The Morgan fingerprint density at radius 3 is 0.989 bits per heavy atom. The number of phosphoric ester groups is 1. The predicted molar refractivity (Wildman–Crippen MR) is 392 cm³/mol. The summed E-state index contributed by atoms with van der Waals surface area (Å²) in [5.74, 6) is -0.170. The van der Waals surface area contributed by atoms with E-state index in [0.717, 1.165) is 70.6 Å². The average Bonchev–Trinajstić information content (AvgIpc) is 3.57. The predicted octanol–water partition coefficient (Wildman–Crippen LogP) is 25.3. The average molecular weight is 1270 g/mol. The van der Waals surface area contributed by atoms with Crippen molar-refractivity contribution in [3.63, 3.8) is 0 Å². The molecule has 0 fully saturated rings. The summed E-state index contributed by atoms with van der Waals surface area (Å²) >= 11 is 0. The molecule has 0 saturated carbocycles. The molecular weight excluding hydrogens is 1120 g/mol. The van der Waals surface area contributed by atoms with Gasteiger partial charge in [0.15, 0.2) is 0 Å². The van der Waals surface area contributed by atoms with Crippen LogP contribution < -0.4 is 5.32 Å². The molecule has 1 amide bonds. The quantitative estimate of drug-likeness (QED) is 0.0243. The summed E-state index contributed by atoms with van der Waals surface area (Å²) < 4.78 is 23.9. The van der Waals surface area contributed by atoms with Crippen LogP contribution in [-0.4, -0.2) is 73.4 Å². The molecule has 89 heavy (non-hydrogen) atoms. The summed E-state index contributed by atoms with van der Waals surface area (Å²) in [5, 5.41) is 14.1. The smallest absolute Gasteiger partial charge is 0.387 e. The topological polar surface area (TPSA) is 105 Å². The number of aliphatic hydroxyl groups excluding tert-OH is 1. The lowest BCUT2D eigenvalue weighted by Gasteiger charge is -2.25. The number of amides is 1. The van der Waals surface area contributed by atoms with Crippen molar-refractivity contribution < 1.29 is 32.9 Å². The van der Waals surface area contributed by atoms with E-state index in [-0.39, 0.29) is 19.1 Å². The number of unbranched alkanes of at least 4 members (excludes halogenated alkanes) is 49. The van der Waals surface area contributed by atoms with Crippen molar-refractivity contribution in [1.82, 2.24) is 5.32 Å². The highest BCUT2D eigenvalue weighted by Crippen LogP contribution is 2.43. The molecule has 0 bridgehead atoms. The van der Waals surface area contributed by atoms with E-state index in [9.17, 15) is 19.4 Å². The maximum Gasteiger partial charge on any atom is 0.472 e. The largest absolute Gasteiger partial charge is 0.472 e. The van der Waals surface area contributed by atoms with Crippen molar-refractivity contribution in [2.75, 3.05) is 40.9 Å². The van der Waals surface area contributed by atoms with Gasteiger partial charge >= 0.3 is 7.82 Å². The number of nitrogens with zero attached hydrogens (tertiary/aromatic N) is 1. The number of carbonyl (C=O) groups excluding carboxylic acids is 1. The second-order valence-corrected chi connectivity index (χ2v) is 29.2. The number of quaternary nitrogens is 1. The van der Waals surface area contributed by atoms with Crippen molar-refractivity contribution in [3.05, 3.63) is 72.9 Å². The number of hydrogen-bond acceptors (Lipinski definition) is 5. The molecule has 522 valence electrons. The Hall–Kier alpha value is -2.06. The van der Waals surface area contributed by atoms with Crippen LogP contribution in [0.3, 0.4) is 0 Å². The lowest BCUT2D eigenvalue weighted by molar-refractivity contribution is -0.870. The Kier molecular flexibility index (Phi) is 68.6. The number of aliphatic hydroxyl groups is 1. The molecule has 8 nitrogen and oxygen atoms in total. The molecule has 0 rings (SSSR count). The third-order valence-corrected chi connectivity index (χ3v) is 18.7. The van der Waals surface area contributed by atoms with Gasteiger partial charge in [-0.1, -0.05) is 382 Å². The molecule has 0 heterocycles. The van der Waals surface area contributed by atoms with Gasteiger partial charge in [0.2, 0.25) is 5.91 Å². The number of hydrogen-bond donors (Lipinski definition) is 3.